The number of hydrogen-bond donors (Lipinski definition) is 2. The van der Waals surface area contributed by atoms with Crippen LogP contribution in [0, 0.1) is 17.6 Å². The number of halogens is 2. The molecule has 1 aromatic rings. The third-order valence-corrected chi connectivity index (χ3v) is 2.76. The number of anilines is 1. The fourth-order valence-electron chi connectivity index (χ4n) is 1.53. The lowest BCUT2D eigenvalue weighted by molar-refractivity contribution is 0.0949. The van der Waals surface area contributed by atoms with Gasteiger partial charge in [-0.1, -0.05) is 6.92 Å². The highest BCUT2D eigenvalue weighted by atomic mass is 19.2. The molecule has 16 heavy (non-hydrogen) atoms. The largest absolute Gasteiger partial charge is 0.398 e. The minimum Gasteiger partial charge on any atom is -0.398 e. The molecule has 1 aromatic carbocycles. The van der Waals surface area contributed by atoms with Crippen molar-refractivity contribution >= 4 is 11.6 Å². The summed E-state index contributed by atoms with van der Waals surface area (Å²) < 4.78 is 25.7. The molecule has 2 unspecified atom stereocenters. The Bertz CT molecular complexity index is 448. The normalized spacial score (nSPS) is 22.9. The second-order valence-corrected chi connectivity index (χ2v) is 4.15. The van der Waals surface area contributed by atoms with Crippen molar-refractivity contribution in [3.63, 3.8) is 0 Å². The lowest BCUT2D eigenvalue weighted by Gasteiger charge is -2.07. The first-order valence-electron chi connectivity index (χ1n) is 5.04. The van der Waals surface area contributed by atoms with Crippen LogP contribution in [0.4, 0.5) is 14.5 Å². The summed E-state index contributed by atoms with van der Waals surface area (Å²) in [5, 5.41) is 2.70. The molecule has 86 valence electrons. The van der Waals surface area contributed by atoms with Crippen LogP contribution in [0.2, 0.25) is 0 Å². The summed E-state index contributed by atoms with van der Waals surface area (Å²) in [6.07, 6.45) is 0.912. The Morgan fingerprint density at radius 2 is 2.00 bits per heavy atom. The molecule has 3 N–H and O–H groups in total. The monoisotopic (exact) mass is 226 g/mol. The van der Waals surface area contributed by atoms with Gasteiger partial charge in [-0.15, -0.1) is 0 Å². The molecule has 1 aliphatic carbocycles. The summed E-state index contributed by atoms with van der Waals surface area (Å²) in [7, 11) is 0. The molecule has 0 heterocycles. The van der Waals surface area contributed by atoms with Crippen LogP contribution in [0.1, 0.15) is 23.7 Å². The van der Waals surface area contributed by atoms with Crippen LogP contribution in [0.3, 0.4) is 0 Å². The molecule has 0 bridgehead atoms. The van der Waals surface area contributed by atoms with E-state index in [1.165, 1.54) is 0 Å². The molecule has 1 fully saturated rings. The van der Waals surface area contributed by atoms with E-state index in [4.69, 9.17) is 5.73 Å². The topological polar surface area (TPSA) is 55.1 Å². The molecule has 0 saturated heterocycles. The van der Waals surface area contributed by atoms with E-state index < -0.39 is 17.5 Å². The quantitative estimate of drug-likeness (QED) is 0.754. The summed E-state index contributed by atoms with van der Waals surface area (Å²) in [5.74, 6) is -2.13. The Morgan fingerprint density at radius 3 is 2.56 bits per heavy atom. The van der Waals surface area contributed by atoms with E-state index in [1.54, 1.807) is 0 Å². The van der Waals surface area contributed by atoms with Gasteiger partial charge in [0.05, 0.1) is 5.56 Å². The number of nitrogens with two attached hydrogens (primary N) is 1. The number of rotatable bonds is 2. The van der Waals surface area contributed by atoms with E-state index >= 15 is 0 Å². The van der Waals surface area contributed by atoms with Crippen molar-refractivity contribution in [2.75, 3.05) is 5.73 Å². The predicted octanol–water partition coefficient (Wildman–Crippen LogP) is 1.69. The van der Waals surface area contributed by atoms with Crippen LogP contribution < -0.4 is 11.1 Å². The van der Waals surface area contributed by atoms with Gasteiger partial charge in [-0.25, -0.2) is 8.78 Å². The smallest absolute Gasteiger partial charge is 0.253 e. The van der Waals surface area contributed by atoms with Crippen LogP contribution in [0.25, 0.3) is 0 Å². The summed E-state index contributed by atoms with van der Waals surface area (Å²) in [6.45, 7) is 2.00. The van der Waals surface area contributed by atoms with Crippen LogP contribution in [-0.4, -0.2) is 11.9 Å². The number of nitrogens with one attached hydrogen (secondary N) is 1. The maximum atomic E-state index is 12.9. The van der Waals surface area contributed by atoms with Crippen LogP contribution in [0.5, 0.6) is 0 Å². The molecule has 3 nitrogen and oxygen atoms in total. The molecule has 5 heteroatoms. The number of benzene rings is 1. The molecular weight excluding hydrogens is 214 g/mol. The SMILES string of the molecule is CC1CC1NC(=O)c1cc(F)c(F)cc1N. The maximum Gasteiger partial charge on any atom is 0.253 e. The van der Waals surface area contributed by atoms with Crippen molar-refractivity contribution in [3.05, 3.63) is 29.3 Å². The molecule has 1 saturated carbocycles. The van der Waals surface area contributed by atoms with E-state index in [0.717, 1.165) is 18.6 Å². The van der Waals surface area contributed by atoms with Crippen molar-refractivity contribution in [1.82, 2.24) is 5.32 Å². The molecular formula is C11H12F2N2O. The number of amides is 1. The van der Waals surface area contributed by atoms with E-state index in [2.05, 4.69) is 5.32 Å². The first-order chi connectivity index (χ1) is 7.49. The van der Waals surface area contributed by atoms with Gasteiger partial charge in [0, 0.05) is 17.8 Å². The minimum absolute atomic E-state index is 0.0157. The first kappa shape index (κ1) is 10.9. The van der Waals surface area contributed by atoms with Gasteiger partial charge in [0.25, 0.3) is 5.91 Å². The fourth-order valence-corrected chi connectivity index (χ4v) is 1.53. The van der Waals surface area contributed by atoms with Crippen molar-refractivity contribution in [2.24, 2.45) is 5.92 Å². The third-order valence-electron chi connectivity index (χ3n) is 2.76. The zero-order valence-corrected chi connectivity index (χ0v) is 8.76. The van der Waals surface area contributed by atoms with Crippen LogP contribution in [0.15, 0.2) is 12.1 Å². The zero-order chi connectivity index (χ0) is 11.9. The average molecular weight is 226 g/mol. The van der Waals surface area contributed by atoms with Crippen molar-refractivity contribution in [3.8, 4) is 0 Å². The third kappa shape index (κ3) is 1.98. The van der Waals surface area contributed by atoms with Crippen molar-refractivity contribution in [2.45, 2.75) is 19.4 Å². The highest BCUT2D eigenvalue weighted by Gasteiger charge is 2.34. The second kappa shape index (κ2) is 3.73. The molecule has 0 aromatic heterocycles. The predicted molar refractivity (Wildman–Crippen MR) is 55.8 cm³/mol. The van der Waals surface area contributed by atoms with E-state index in [-0.39, 0.29) is 17.3 Å². The molecule has 0 aliphatic heterocycles. The number of carbonyl (C=O) groups excluding carboxylic acids is 1. The Morgan fingerprint density at radius 1 is 1.44 bits per heavy atom. The summed E-state index contributed by atoms with van der Waals surface area (Å²) in [4.78, 5) is 11.6. The highest BCUT2D eigenvalue weighted by Crippen LogP contribution is 2.29. The summed E-state index contributed by atoms with van der Waals surface area (Å²) in [5.41, 5.74) is 5.39. The van der Waals surface area contributed by atoms with Gasteiger partial charge >= 0.3 is 0 Å². The second-order valence-electron chi connectivity index (χ2n) is 4.15. The van der Waals surface area contributed by atoms with Gasteiger partial charge < -0.3 is 11.1 Å². The van der Waals surface area contributed by atoms with Gasteiger partial charge in [-0.3, -0.25) is 4.79 Å². The zero-order valence-electron chi connectivity index (χ0n) is 8.76. The lowest BCUT2D eigenvalue weighted by Crippen LogP contribution is -2.27. The molecule has 2 rings (SSSR count). The van der Waals surface area contributed by atoms with E-state index in [1.807, 2.05) is 6.92 Å². The molecule has 1 amide bonds. The Kier molecular flexibility index (Phi) is 2.53. The number of carbonyl (C=O) groups is 1. The van der Waals surface area contributed by atoms with Gasteiger partial charge in [-0.05, 0) is 18.4 Å². The van der Waals surface area contributed by atoms with Crippen molar-refractivity contribution in [1.29, 1.82) is 0 Å². The Balaban J connectivity index is 2.19. The van der Waals surface area contributed by atoms with Gasteiger partial charge in [0.15, 0.2) is 11.6 Å². The Hall–Kier alpha value is -1.65. The molecule has 0 spiro atoms. The molecule has 1 aliphatic rings. The summed E-state index contributed by atoms with van der Waals surface area (Å²) >= 11 is 0. The maximum absolute atomic E-state index is 12.9. The number of nitrogen functional groups attached to an aromatic ring is 1. The molecule has 0 radical (unpaired) electrons. The van der Waals surface area contributed by atoms with Crippen LogP contribution >= 0.6 is 0 Å². The van der Waals surface area contributed by atoms with E-state index in [0.29, 0.717) is 5.92 Å². The van der Waals surface area contributed by atoms with Crippen LogP contribution in [-0.2, 0) is 0 Å². The average Bonchev–Trinajstić information content (AvgIpc) is 2.87. The highest BCUT2D eigenvalue weighted by molar-refractivity contribution is 5.99. The van der Waals surface area contributed by atoms with E-state index in [9.17, 15) is 13.6 Å². The fraction of sp³-hybridized carbons (Fsp3) is 0.364. The minimum atomic E-state index is -1.07. The molecule has 2 atom stereocenters. The van der Waals surface area contributed by atoms with Gasteiger partial charge in [0.1, 0.15) is 0 Å². The van der Waals surface area contributed by atoms with Gasteiger partial charge in [0.2, 0.25) is 0 Å². The van der Waals surface area contributed by atoms with Gasteiger partial charge in [-0.2, -0.15) is 0 Å². The van der Waals surface area contributed by atoms with Crippen molar-refractivity contribution < 1.29 is 13.6 Å². The number of hydrogen-bond acceptors (Lipinski definition) is 2. The Labute approximate surface area is 91.6 Å². The summed E-state index contributed by atoms with van der Waals surface area (Å²) in [6, 6.07) is 1.77. The lowest BCUT2D eigenvalue weighted by atomic mass is 10.1. The standard InChI is InChI=1S/C11H12F2N2O/c1-5-2-10(5)15-11(16)6-3-7(12)8(13)4-9(6)14/h3-5,10H,2,14H2,1H3,(H,15,16). The first-order valence-corrected chi connectivity index (χ1v) is 5.04.